The molecule has 0 aliphatic carbocycles. The summed E-state index contributed by atoms with van der Waals surface area (Å²) in [5.41, 5.74) is 1.05. The first-order chi connectivity index (χ1) is 10.9. The lowest BCUT2D eigenvalue weighted by atomic mass is 10.1. The molecule has 0 aliphatic rings. The van der Waals surface area contributed by atoms with Crippen LogP contribution in [0.2, 0.25) is 5.02 Å². The molecule has 0 N–H and O–H groups in total. The molecule has 0 radical (unpaired) electrons. The smallest absolute Gasteiger partial charge is 0.138 e. The molecular weight excluding hydrogens is 325 g/mol. The van der Waals surface area contributed by atoms with Crippen LogP contribution in [0.3, 0.4) is 0 Å². The lowest BCUT2D eigenvalue weighted by Gasteiger charge is -2.13. The largest absolute Gasteiger partial charge is 0.296 e. The molecule has 6 heteroatoms. The second kappa shape index (κ2) is 5.74. The molecule has 118 valence electrons. The SMILES string of the molecule is Cc1nc(C)n(-c2ccc(Cl)cc2)c1-c1c(F)cc(F)cc1F. The van der Waals surface area contributed by atoms with Gasteiger partial charge in [-0.15, -0.1) is 0 Å². The lowest BCUT2D eigenvalue weighted by molar-refractivity contribution is 0.547. The Morgan fingerprint density at radius 2 is 1.52 bits per heavy atom. The van der Waals surface area contributed by atoms with E-state index in [1.54, 1.807) is 42.7 Å². The predicted octanol–water partition coefficient (Wildman–Crippen LogP) is 5.23. The summed E-state index contributed by atoms with van der Waals surface area (Å²) in [5.74, 6) is -2.35. The van der Waals surface area contributed by atoms with Crippen LogP contribution >= 0.6 is 11.6 Å². The maximum atomic E-state index is 14.2. The Morgan fingerprint density at radius 1 is 0.957 bits per heavy atom. The van der Waals surface area contributed by atoms with Gasteiger partial charge in [-0.1, -0.05) is 11.6 Å². The van der Waals surface area contributed by atoms with E-state index in [0.717, 1.165) is 0 Å². The fraction of sp³-hybridized carbons (Fsp3) is 0.118. The van der Waals surface area contributed by atoms with Crippen LogP contribution in [0.15, 0.2) is 36.4 Å². The molecule has 0 fully saturated rings. The van der Waals surface area contributed by atoms with E-state index >= 15 is 0 Å². The maximum Gasteiger partial charge on any atom is 0.138 e. The highest BCUT2D eigenvalue weighted by molar-refractivity contribution is 6.30. The second-order valence-electron chi connectivity index (χ2n) is 5.15. The number of rotatable bonds is 2. The Kier molecular flexibility index (Phi) is 3.90. The summed E-state index contributed by atoms with van der Waals surface area (Å²) in [5, 5.41) is 0.545. The minimum Gasteiger partial charge on any atom is -0.296 e. The molecule has 3 aromatic rings. The van der Waals surface area contributed by atoms with Gasteiger partial charge in [-0.3, -0.25) is 4.57 Å². The fourth-order valence-corrected chi connectivity index (χ4v) is 2.76. The number of hydrogen-bond acceptors (Lipinski definition) is 1. The van der Waals surface area contributed by atoms with E-state index in [4.69, 9.17) is 11.6 Å². The van der Waals surface area contributed by atoms with Gasteiger partial charge in [0.2, 0.25) is 0 Å². The van der Waals surface area contributed by atoms with E-state index in [0.29, 0.717) is 34.4 Å². The first kappa shape index (κ1) is 15.6. The molecule has 0 aliphatic heterocycles. The summed E-state index contributed by atoms with van der Waals surface area (Å²) in [6.07, 6.45) is 0. The fourth-order valence-electron chi connectivity index (χ4n) is 2.64. The van der Waals surface area contributed by atoms with Crippen molar-refractivity contribution in [3.8, 4) is 16.9 Å². The van der Waals surface area contributed by atoms with Crippen molar-refractivity contribution >= 4 is 11.6 Å². The van der Waals surface area contributed by atoms with Gasteiger partial charge >= 0.3 is 0 Å². The zero-order chi connectivity index (χ0) is 16.7. The molecule has 0 spiro atoms. The van der Waals surface area contributed by atoms with Gasteiger partial charge in [0, 0.05) is 22.8 Å². The zero-order valence-electron chi connectivity index (χ0n) is 12.4. The van der Waals surface area contributed by atoms with Crippen LogP contribution < -0.4 is 0 Å². The van der Waals surface area contributed by atoms with Gasteiger partial charge < -0.3 is 0 Å². The molecule has 0 saturated heterocycles. The van der Waals surface area contributed by atoms with Gasteiger partial charge in [-0.2, -0.15) is 0 Å². The van der Waals surface area contributed by atoms with Crippen LogP contribution in [0.25, 0.3) is 16.9 Å². The highest BCUT2D eigenvalue weighted by atomic mass is 35.5. The topological polar surface area (TPSA) is 17.8 Å². The molecule has 2 nitrogen and oxygen atoms in total. The normalized spacial score (nSPS) is 11.0. The second-order valence-corrected chi connectivity index (χ2v) is 5.59. The minimum absolute atomic E-state index is 0.250. The number of imidazole rings is 1. The van der Waals surface area contributed by atoms with E-state index in [1.807, 2.05) is 0 Å². The Labute approximate surface area is 136 Å². The van der Waals surface area contributed by atoms with Gasteiger partial charge in [-0.05, 0) is 38.1 Å². The lowest BCUT2D eigenvalue weighted by Crippen LogP contribution is -2.03. The maximum absolute atomic E-state index is 14.2. The van der Waals surface area contributed by atoms with E-state index in [-0.39, 0.29) is 11.3 Å². The number of benzene rings is 2. The third-order valence-electron chi connectivity index (χ3n) is 3.55. The summed E-state index contributed by atoms with van der Waals surface area (Å²) in [7, 11) is 0. The first-order valence-electron chi connectivity index (χ1n) is 6.85. The number of aryl methyl sites for hydroxylation is 2. The average Bonchev–Trinajstić information content (AvgIpc) is 2.74. The highest BCUT2D eigenvalue weighted by Crippen LogP contribution is 2.33. The van der Waals surface area contributed by atoms with Gasteiger partial charge in [-0.25, -0.2) is 18.2 Å². The van der Waals surface area contributed by atoms with Gasteiger partial charge in [0.25, 0.3) is 0 Å². The van der Waals surface area contributed by atoms with E-state index in [2.05, 4.69) is 4.98 Å². The molecule has 0 atom stereocenters. The van der Waals surface area contributed by atoms with Crippen LogP contribution in [0, 0.1) is 31.3 Å². The van der Waals surface area contributed by atoms with Crippen LogP contribution in [-0.2, 0) is 0 Å². The molecule has 0 bridgehead atoms. The number of halogens is 4. The van der Waals surface area contributed by atoms with Crippen molar-refractivity contribution < 1.29 is 13.2 Å². The average molecular weight is 337 g/mol. The third-order valence-corrected chi connectivity index (χ3v) is 3.80. The first-order valence-corrected chi connectivity index (χ1v) is 7.23. The van der Waals surface area contributed by atoms with Crippen molar-refractivity contribution in [1.82, 2.24) is 9.55 Å². The Hall–Kier alpha value is -2.27. The molecule has 2 aromatic carbocycles. The number of hydrogen-bond donors (Lipinski definition) is 0. The molecule has 3 rings (SSSR count). The summed E-state index contributed by atoms with van der Waals surface area (Å²) in [6.45, 7) is 3.38. The predicted molar refractivity (Wildman–Crippen MR) is 83.4 cm³/mol. The molecule has 23 heavy (non-hydrogen) atoms. The van der Waals surface area contributed by atoms with Crippen molar-refractivity contribution in [2.75, 3.05) is 0 Å². The molecule has 0 amide bonds. The number of nitrogens with zero attached hydrogens (tertiary/aromatic N) is 2. The summed E-state index contributed by atoms with van der Waals surface area (Å²) < 4.78 is 43.2. The molecule has 1 aromatic heterocycles. The molecule has 0 unspecified atom stereocenters. The van der Waals surface area contributed by atoms with Crippen LogP contribution in [0.1, 0.15) is 11.5 Å². The van der Waals surface area contributed by atoms with Gasteiger partial charge in [0.1, 0.15) is 23.3 Å². The summed E-state index contributed by atoms with van der Waals surface area (Å²) in [6, 6.07) is 8.11. The van der Waals surface area contributed by atoms with Crippen molar-refractivity contribution in [2.45, 2.75) is 13.8 Å². The van der Waals surface area contributed by atoms with Crippen LogP contribution in [0.5, 0.6) is 0 Å². The minimum atomic E-state index is -0.972. The highest BCUT2D eigenvalue weighted by Gasteiger charge is 2.22. The molecule has 1 heterocycles. The van der Waals surface area contributed by atoms with Crippen LogP contribution in [0.4, 0.5) is 13.2 Å². The summed E-state index contributed by atoms with van der Waals surface area (Å²) in [4.78, 5) is 4.29. The van der Waals surface area contributed by atoms with Crippen LogP contribution in [-0.4, -0.2) is 9.55 Å². The monoisotopic (exact) mass is 336 g/mol. The van der Waals surface area contributed by atoms with Gasteiger partial charge in [0.05, 0.1) is 17.0 Å². The Balaban J connectivity index is 2.32. The van der Waals surface area contributed by atoms with Gasteiger partial charge in [0.15, 0.2) is 0 Å². The third kappa shape index (κ3) is 2.72. The quantitative estimate of drug-likeness (QED) is 0.627. The van der Waals surface area contributed by atoms with Crippen molar-refractivity contribution in [3.05, 3.63) is 70.4 Å². The standard InChI is InChI=1S/C17H12ClF3N2/c1-9-17(16-14(20)7-12(19)8-15(16)21)23(10(2)22-9)13-5-3-11(18)4-6-13/h3-8H,1-2H3. The summed E-state index contributed by atoms with van der Waals surface area (Å²) >= 11 is 5.88. The zero-order valence-corrected chi connectivity index (χ0v) is 13.1. The number of aromatic nitrogens is 2. The van der Waals surface area contributed by atoms with E-state index < -0.39 is 17.5 Å². The van der Waals surface area contributed by atoms with E-state index in [9.17, 15) is 13.2 Å². The van der Waals surface area contributed by atoms with E-state index in [1.165, 1.54) is 0 Å². The molecular formula is C17H12ClF3N2. The Bertz CT molecular complexity index is 863. The van der Waals surface area contributed by atoms with Crippen molar-refractivity contribution in [3.63, 3.8) is 0 Å². The van der Waals surface area contributed by atoms with Crippen molar-refractivity contribution in [2.24, 2.45) is 0 Å². The molecule has 0 saturated carbocycles. The van der Waals surface area contributed by atoms with Crippen molar-refractivity contribution in [1.29, 1.82) is 0 Å². The Morgan fingerprint density at radius 3 is 2.09 bits per heavy atom.